The number of carboxylic acids is 1. The van der Waals surface area contributed by atoms with Crippen molar-refractivity contribution in [3.8, 4) is 0 Å². The van der Waals surface area contributed by atoms with Crippen LogP contribution in [-0.4, -0.2) is 28.4 Å². The van der Waals surface area contributed by atoms with Crippen molar-refractivity contribution < 1.29 is 14.7 Å². The van der Waals surface area contributed by atoms with Crippen molar-refractivity contribution in [1.29, 1.82) is 0 Å². The molecule has 8 heteroatoms. The molecule has 0 atom stereocenters. The number of rotatable bonds is 3. The van der Waals surface area contributed by atoms with E-state index >= 15 is 0 Å². The third kappa shape index (κ3) is 2.44. The first-order valence-electron chi connectivity index (χ1n) is 5.55. The maximum absolute atomic E-state index is 12.4. The standard InChI is InChI=1S/C12H11ClN2O3S2/c1-5-4-19-9(8(5)13)10(16)15(3)11-7(12(17)18)6(2)14-20-11/h4H,1-3H3,(H,17,18). The van der Waals surface area contributed by atoms with Gasteiger partial charge < -0.3 is 10.0 Å². The summed E-state index contributed by atoms with van der Waals surface area (Å²) in [6, 6.07) is 0. The summed E-state index contributed by atoms with van der Waals surface area (Å²) < 4.78 is 4.00. The van der Waals surface area contributed by atoms with Crippen LogP contribution in [0.25, 0.3) is 0 Å². The Morgan fingerprint density at radius 1 is 1.40 bits per heavy atom. The Morgan fingerprint density at radius 3 is 2.55 bits per heavy atom. The first-order valence-corrected chi connectivity index (χ1v) is 7.59. The Balaban J connectivity index is 2.42. The van der Waals surface area contributed by atoms with Gasteiger partial charge >= 0.3 is 5.97 Å². The summed E-state index contributed by atoms with van der Waals surface area (Å²) in [6.07, 6.45) is 0. The van der Waals surface area contributed by atoms with Crippen LogP contribution in [0.4, 0.5) is 5.00 Å². The molecule has 2 aromatic heterocycles. The number of thiophene rings is 1. The van der Waals surface area contributed by atoms with Crippen molar-refractivity contribution in [2.75, 3.05) is 11.9 Å². The van der Waals surface area contributed by atoms with Crippen LogP contribution in [0.3, 0.4) is 0 Å². The van der Waals surface area contributed by atoms with Gasteiger partial charge in [0.15, 0.2) is 0 Å². The Labute approximate surface area is 128 Å². The summed E-state index contributed by atoms with van der Waals surface area (Å²) in [5, 5.41) is 11.7. The highest BCUT2D eigenvalue weighted by atomic mass is 35.5. The molecular weight excluding hydrogens is 320 g/mol. The minimum absolute atomic E-state index is 0.0512. The number of hydrogen-bond donors (Lipinski definition) is 1. The summed E-state index contributed by atoms with van der Waals surface area (Å²) in [5.41, 5.74) is 1.27. The molecule has 0 aliphatic heterocycles. The van der Waals surface area contributed by atoms with E-state index in [2.05, 4.69) is 4.37 Å². The molecule has 0 saturated carbocycles. The topological polar surface area (TPSA) is 70.5 Å². The van der Waals surface area contributed by atoms with Gasteiger partial charge in [0.05, 0.1) is 10.7 Å². The monoisotopic (exact) mass is 330 g/mol. The molecule has 0 bridgehead atoms. The summed E-state index contributed by atoms with van der Waals surface area (Å²) in [4.78, 5) is 25.3. The van der Waals surface area contributed by atoms with E-state index in [9.17, 15) is 14.7 Å². The van der Waals surface area contributed by atoms with Crippen LogP contribution in [-0.2, 0) is 0 Å². The van der Waals surface area contributed by atoms with Gasteiger partial charge in [-0.2, -0.15) is 4.37 Å². The highest BCUT2D eigenvalue weighted by Crippen LogP contribution is 2.33. The summed E-state index contributed by atoms with van der Waals surface area (Å²) in [6.45, 7) is 3.42. The summed E-state index contributed by atoms with van der Waals surface area (Å²) in [7, 11) is 1.52. The number of amides is 1. The maximum atomic E-state index is 12.4. The van der Waals surface area contributed by atoms with Crippen molar-refractivity contribution in [1.82, 2.24) is 4.37 Å². The van der Waals surface area contributed by atoms with Crippen molar-refractivity contribution in [2.24, 2.45) is 0 Å². The number of aromatic carboxylic acids is 1. The number of carbonyl (C=O) groups is 2. The molecule has 0 aliphatic carbocycles. The molecule has 0 aromatic carbocycles. The fourth-order valence-electron chi connectivity index (χ4n) is 1.65. The second-order valence-corrected chi connectivity index (χ2v) is 6.19. The molecule has 2 aromatic rings. The minimum atomic E-state index is -1.10. The number of carbonyl (C=O) groups excluding carboxylic acids is 1. The van der Waals surface area contributed by atoms with Crippen LogP contribution in [0.5, 0.6) is 0 Å². The van der Waals surface area contributed by atoms with Gasteiger partial charge in [0, 0.05) is 7.05 Å². The van der Waals surface area contributed by atoms with Crippen molar-refractivity contribution >= 4 is 51.3 Å². The fourth-order valence-corrected chi connectivity index (χ4v) is 3.75. The number of halogens is 1. The molecule has 0 radical (unpaired) electrons. The minimum Gasteiger partial charge on any atom is -0.478 e. The molecule has 1 N–H and O–H groups in total. The molecular formula is C12H11ClN2O3S2. The second kappa shape index (κ2) is 5.51. The molecule has 0 unspecified atom stereocenters. The second-order valence-electron chi connectivity index (χ2n) is 4.18. The van der Waals surface area contributed by atoms with E-state index in [-0.39, 0.29) is 11.5 Å². The highest BCUT2D eigenvalue weighted by Gasteiger charge is 2.26. The first-order chi connectivity index (χ1) is 9.34. The molecule has 0 spiro atoms. The van der Waals surface area contributed by atoms with Gasteiger partial charge in [0.2, 0.25) is 0 Å². The molecule has 0 aliphatic rings. The van der Waals surface area contributed by atoms with Crippen LogP contribution >= 0.6 is 34.5 Å². The molecule has 2 heterocycles. The zero-order valence-electron chi connectivity index (χ0n) is 10.9. The average molecular weight is 331 g/mol. The predicted octanol–water partition coefficient (Wildman–Crippen LogP) is 3.45. The van der Waals surface area contributed by atoms with Crippen molar-refractivity contribution in [3.63, 3.8) is 0 Å². The Kier molecular flexibility index (Phi) is 4.12. The smallest absolute Gasteiger partial charge is 0.340 e. The van der Waals surface area contributed by atoms with Crippen LogP contribution in [0.15, 0.2) is 5.38 Å². The van der Waals surface area contributed by atoms with Crippen LogP contribution < -0.4 is 4.90 Å². The SMILES string of the molecule is Cc1csc(C(=O)N(C)c2snc(C)c2C(=O)O)c1Cl. The number of carboxylic acid groups (broad SMARTS) is 1. The maximum Gasteiger partial charge on any atom is 0.340 e. The molecule has 5 nitrogen and oxygen atoms in total. The van der Waals surface area contributed by atoms with Gasteiger partial charge in [-0.25, -0.2) is 4.79 Å². The lowest BCUT2D eigenvalue weighted by atomic mass is 10.2. The molecule has 20 heavy (non-hydrogen) atoms. The van der Waals surface area contributed by atoms with Gasteiger partial charge in [-0.15, -0.1) is 11.3 Å². The zero-order chi connectivity index (χ0) is 15.0. The first kappa shape index (κ1) is 15.0. The van der Waals surface area contributed by atoms with E-state index in [1.165, 1.54) is 23.3 Å². The molecule has 106 valence electrons. The molecule has 1 amide bonds. The van der Waals surface area contributed by atoms with Crippen LogP contribution in [0, 0.1) is 13.8 Å². The van der Waals surface area contributed by atoms with E-state index in [1.54, 1.807) is 12.3 Å². The molecule has 0 fully saturated rings. The van der Waals surface area contributed by atoms with E-state index in [1.807, 2.05) is 6.92 Å². The van der Waals surface area contributed by atoms with Crippen molar-refractivity contribution in [2.45, 2.75) is 13.8 Å². The predicted molar refractivity (Wildman–Crippen MR) is 80.6 cm³/mol. The highest BCUT2D eigenvalue weighted by molar-refractivity contribution is 7.13. The van der Waals surface area contributed by atoms with E-state index in [0.29, 0.717) is 20.6 Å². The number of aromatic nitrogens is 1. The van der Waals surface area contributed by atoms with E-state index in [0.717, 1.165) is 17.1 Å². The van der Waals surface area contributed by atoms with Crippen molar-refractivity contribution in [3.05, 3.63) is 32.1 Å². The van der Waals surface area contributed by atoms with E-state index < -0.39 is 5.97 Å². The number of nitrogens with zero attached hydrogens (tertiary/aromatic N) is 2. The Morgan fingerprint density at radius 2 is 2.05 bits per heavy atom. The lowest BCUT2D eigenvalue weighted by molar-refractivity contribution is 0.0697. The van der Waals surface area contributed by atoms with Gasteiger partial charge in [-0.3, -0.25) is 4.79 Å². The van der Waals surface area contributed by atoms with Gasteiger partial charge in [0.1, 0.15) is 15.4 Å². The third-order valence-electron chi connectivity index (χ3n) is 2.76. The number of aryl methyl sites for hydroxylation is 2. The number of anilines is 1. The lowest BCUT2D eigenvalue weighted by Crippen LogP contribution is -2.26. The Bertz CT molecular complexity index is 693. The normalized spacial score (nSPS) is 10.6. The Hall–Kier alpha value is -1.44. The largest absolute Gasteiger partial charge is 0.478 e. The van der Waals surface area contributed by atoms with Crippen LogP contribution in [0.1, 0.15) is 31.3 Å². The van der Waals surface area contributed by atoms with Gasteiger partial charge in [-0.05, 0) is 36.3 Å². The van der Waals surface area contributed by atoms with Crippen LogP contribution in [0.2, 0.25) is 5.02 Å². The van der Waals surface area contributed by atoms with E-state index in [4.69, 9.17) is 11.6 Å². The summed E-state index contributed by atoms with van der Waals surface area (Å²) >= 11 is 8.30. The summed E-state index contributed by atoms with van der Waals surface area (Å²) in [5.74, 6) is -1.43. The third-order valence-corrected chi connectivity index (χ3v) is 5.46. The molecule has 0 saturated heterocycles. The quantitative estimate of drug-likeness (QED) is 0.935. The van der Waals surface area contributed by atoms with Gasteiger partial charge in [0.25, 0.3) is 5.91 Å². The fraction of sp³-hybridized carbons (Fsp3) is 0.250. The lowest BCUT2D eigenvalue weighted by Gasteiger charge is -2.15. The zero-order valence-corrected chi connectivity index (χ0v) is 13.3. The average Bonchev–Trinajstić information content (AvgIpc) is 2.92. The van der Waals surface area contributed by atoms with Gasteiger partial charge in [-0.1, -0.05) is 11.6 Å². The number of hydrogen-bond acceptors (Lipinski definition) is 5. The molecule has 2 rings (SSSR count).